The van der Waals surface area contributed by atoms with E-state index in [2.05, 4.69) is 166 Å². The number of benzene rings is 7. The van der Waals surface area contributed by atoms with E-state index < -0.39 is 0 Å². The van der Waals surface area contributed by atoms with Crippen LogP contribution in [0.2, 0.25) is 0 Å². The van der Waals surface area contributed by atoms with Crippen molar-refractivity contribution in [3.8, 4) is 39.3 Å². The average molecular weight is 613 g/mol. The molecule has 0 saturated heterocycles. The molecule has 3 heterocycles. The van der Waals surface area contributed by atoms with Crippen molar-refractivity contribution in [1.29, 1.82) is 0 Å². The number of imidazole rings is 1. The molecule has 0 aliphatic carbocycles. The van der Waals surface area contributed by atoms with Crippen LogP contribution in [0.5, 0.6) is 0 Å². The van der Waals surface area contributed by atoms with Crippen LogP contribution in [0.15, 0.2) is 170 Å². The lowest BCUT2D eigenvalue weighted by molar-refractivity contribution is 1.06. The summed E-state index contributed by atoms with van der Waals surface area (Å²) in [5.41, 5.74) is 12.3. The van der Waals surface area contributed by atoms with Gasteiger partial charge in [-0.05, 0) is 80.7 Å². The fourth-order valence-electron chi connectivity index (χ4n) is 7.60. The summed E-state index contributed by atoms with van der Waals surface area (Å²) in [6.45, 7) is 0. The molecule has 4 heteroatoms. The summed E-state index contributed by atoms with van der Waals surface area (Å²) in [5.74, 6) is 0.941. The number of hydrogen-bond acceptors (Lipinski definition) is 3. The molecular formula is C44H28N4. The Morgan fingerprint density at radius 3 is 1.73 bits per heavy atom. The summed E-state index contributed by atoms with van der Waals surface area (Å²) in [4.78, 5) is 12.1. The Labute approximate surface area is 277 Å². The van der Waals surface area contributed by atoms with Crippen LogP contribution in [0.4, 0.5) is 17.1 Å². The Bertz CT molecular complexity index is 2600. The summed E-state index contributed by atoms with van der Waals surface area (Å²) in [5, 5.41) is 4.86. The van der Waals surface area contributed by atoms with Crippen molar-refractivity contribution in [2.24, 2.45) is 0 Å². The molecule has 9 aromatic rings. The predicted octanol–water partition coefficient (Wildman–Crippen LogP) is 11.5. The molecule has 0 N–H and O–H groups in total. The number of aromatic nitrogens is 3. The zero-order chi connectivity index (χ0) is 31.6. The van der Waals surface area contributed by atoms with Gasteiger partial charge in [0.15, 0.2) is 0 Å². The minimum absolute atomic E-state index is 0.941. The number of hydrogen-bond donors (Lipinski definition) is 0. The molecule has 7 aromatic carbocycles. The summed E-state index contributed by atoms with van der Waals surface area (Å²) in [6.07, 6.45) is 3.81. The van der Waals surface area contributed by atoms with E-state index in [-0.39, 0.29) is 0 Å². The maximum absolute atomic E-state index is 5.21. The van der Waals surface area contributed by atoms with E-state index in [0.717, 1.165) is 56.3 Å². The number of fused-ring (bicyclic) bond motifs is 4. The van der Waals surface area contributed by atoms with Crippen LogP contribution in [0.3, 0.4) is 0 Å². The molecule has 0 bridgehead atoms. The number of nitrogens with zero attached hydrogens (tertiary/aromatic N) is 4. The Morgan fingerprint density at radius 1 is 0.438 bits per heavy atom. The van der Waals surface area contributed by atoms with Crippen LogP contribution in [-0.2, 0) is 0 Å². The maximum Gasteiger partial charge on any atom is 0.145 e. The van der Waals surface area contributed by atoms with E-state index in [1.807, 2.05) is 18.5 Å². The van der Waals surface area contributed by atoms with Gasteiger partial charge in [-0.1, -0.05) is 115 Å². The third kappa shape index (κ3) is 3.90. The second kappa shape index (κ2) is 10.5. The van der Waals surface area contributed by atoms with E-state index in [1.165, 1.54) is 32.7 Å². The Hall–Kier alpha value is -6.52. The van der Waals surface area contributed by atoms with Crippen LogP contribution >= 0.6 is 0 Å². The molecular weight excluding hydrogens is 585 g/mol. The average Bonchev–Trinajstić information content (AvgIpc) is 3.56. The van der Waals surface area contributed by atoms with Gasteiger partial charge < -0.3 is 4.90 Å². The van der Waals surface area contributed by atoms with Gasteiger partial charge in [-0.15, -0.1) is 0 Å². The van der Waals surface area contributed by atoms with Crippen molar-refractivity contribution in [2.75, 3.05) is 4.90 Å². The summed E-state index contributed by atoms with van der Waals surface area (Å²) in [7, 11) is 0. The SMILES string of the molecule is c1ccc(-c2nc3cccc4c3n2-c2ccc(-c3c5ccccc5c(-c5cccnc5)c5ccccc35)cc2N4c2ccccc2)cc1. The van der Waals surface area contributed by atoms with Crippen molar-refractivity contribution in [1.82, 2.24) is 14.5 Å². The maximum atomic E-state index is 5.21. The van der Waals surface area contributed by atoms with Crippen LogP contribution < -0.4 is 4.90 Å². The lowest BCUT2D eigenvalue weighted by Gasteiger charge is -2.33. The van der Waals surface area contributed by atoms with E-state index in [0.29, 0.717) is 0 Å². The van der Waals surface area contributed by atoms with Gasteiger partial charge in [0.1, 0.15) is 5.82 Å². The standard InChI is InChI=1S/C44H28N4/c1-3-13-29(14-4-1)44-46-37-22-11-23-39-43(37)48(44)38-25-24-30(27-40(38)47(39)32-16-5-2-6-17-32)41-33-18-7-9-20-35(33)42(31-15-12-26-45-28-31)36-21-10-8-19-34(36)41/h1-28H. The van der Waals surface area contributed by atoms with Crippen molar-refractivity contribution in [3.63, 3.8) is 0 Å². The smallest absolute Gasteiger partial charge is 0.145 e. The molecule has 0 fully saturated rings. The summed E-state index contributed by atoms with van der Waals surface area (Å²) in [6, 6.07) is 56.3. The predicted molar refractivity (Wildman–Crippen MR) is 198 cm³/mol. The highest BCUT2D eigenvalue weighted by Gasteiger charge is 2.30. The fraction of sp³-hybridized carbons (Fsp3) is 0. The van der Waals surface area contributed by atoms with Gasteiger partial charge in [-0.25, -0.2) is 4.98 Å². The Balaban J connectivity index is 1.30. The van der Waals surface area contributed by atoms with Gasteiger partial charge in [-0.2, -0.15) is 0 Å². The number of anilines is 3. The van der Waals surface area contributed by atoms with Crippen molar-refractivity contribution in [2.45, 2.75) is 0 Å². The second-order valence-corrected chi connectivity index (χ2v) is 12.2. The molecule has 10 rings (SSSR count). The molecule has 1 aliphatic heterocycles. The van der Waals surface area contributed by atoms with Crippen LogP contribution in [0.1, 0.15) is 0 Å². The first-order valence-corrected chi connectivity index (χ1v) is 16.3. The van der Waals surface area contributed by atoms with E-state index >= 15 is 0 Å². The first-order valence-electron chi connectivity index (χ1n) is 16.3. The van der Waals surface area contributed by atoms with E-state index in [4.69, 9.17) is 4.98 Å². The molecule has 0 unspecified atom stereocenters. The van der Waals surface area contributed by atoms with Gasteiger partial charge >= 0.3 is 0 Å². The first-order chi connectivity index (χ1) is 23.8. The Morgan fingerprint density at radius 2 is 1.06 bits per heavy atom. The molecule has 0 amide bonds. The highest BCUT2D eigenvalue weighted by atomic mass is 15.2. The second-order valence-electron chi connectivity index (χ2n) is 12.2. The first kappa shape index (κ1) is 26.7. The molecule has 0 spiro atoms. The molecule has 0 atom stereocenters. The summed E-state index contributed by atoms with van der Waals surface area (Å²) < 4.78 is 2.35. The zero-order valence-electron chi connectivity index (χ0n) is 26.0. The van der Waals surface area contributed by atoms with E-state index in [9.17, 15) is 0 Å². The third-order valence-electron chi connectivity index (χ3n) is 9.57. The van der Waals surface area contributed by atoms with Gasteiger partial charge in [0.2, 0.25) is 0 Å². The minimum atomic E-state index is 0.941. The van der Waals surface area contributed by atoms with Crippen molar-refractivity contribution < 1.29 is 0 Å². The Kier molecular flexibility index (Phi) is 5.84. The van der Waals surface area contributed by atoms with Crippen molar-refractivity contribution in [3.05, 3.63) is 170 Å². The minimum Gasteiger partial charge on any atom is -0.306 e. The molecule has 4 nitrogen and oxygen atoms in total. The molecule has 0 radical (unpaired) electrons. The monoisotopic (exact) mass is 612 g/mol. The van der Waals surface area contributed by atoms with Crippen LogP contribution in [-0.4, -0.2) is 14.5 Å². The van der Waals surface area contributed by atoms with Crippen LogP contribution in [0, 0.1) is 0 Å². The largest absolute Gasteiger partial charge is 0.306 e. The molecule has 2 aromatic heterocycles. The van der Waals surface area contributed by atoms with Gasteiger partial charge in [0, 0.05) is 29.2 Å². The van der Waals surface area contributed by atoms with Crippen molar-refractivity contribution >= 4 is 49.6 Å². The normalized spacial score (nSPS) is 12.1. The molecule has 48 heavy (non-hydrogen) atoms. The number of pyridine rings is 1. The van der Waals surface area contributed by atoms with Gasteiger partial charge in [-0.3, -0.25) is 9.55 Å². The zero-order valence-corrected chi connectivity index (χ0v) is 26.0. The van der Waals surface area contributed by atoms with Gasteiger partial charge in [0.25, 0.3) is 0 Å². The summed E-state index contributed by atoms with van der Waals surface area (Å²) >= 11 is 0. The topological polar surface area (TPSA) is 34.0 Å². The lowest BCUT2D eigenvalue weighted by atomic mass is 9.86. The molecule has 1 aliphatic rings. The van der Waals surface area contributed by atoms with Crippen LogP contribution in [0.25, 0.3) is 71.9 Å². The lowest BCUT2D eigenvalue weighted by Crippen LogP contribution is -2.18. The van der Waals surface area contributed by atoms with Gasteiger partial charge in [0.05, 0.1) is 28.1 Å². The fourth-order valence-corrected chi connectivity index (χ4v) is 7.60. The molecule has 0 saturated carbocycles. The third-order valence-corrected chi connectivity index (χ3v) is 9.57. The highest BCUT2D eigenvalue weighted by molar-refractivity contribution is 6.21. The highest BCUT2D eigenvalue weighted by Crippen LogP contribution is 2.51. The number of para-hydroxylation sites is 2. The molecule has 224 valence electrons. The number of rotatable bonds is 4. The van der Waals surface area contributed by atoms with E-state index in [1.54, 1.807) is 0 Å². The quantitative estimate of drug-likeness (QED) is 0.185.